The largest absolute Gasteiger partial charge is 0.343 e. The molecule has 8 heteroatoms. The Labute approximate surface area is 142 Å². The number of rotatable bonds is 5. The molecule has 1 aromatic rings. The van der Waals surface area contributed by atoms with Crippen LogP contribution in [0.4, 0.5) is 5.13 Å². The number of aryl methyl sites for hydroxylation is 1. The second-order valence-electron chi connectivity index (χ2n) is 5.79. The van der Waals surface area contributed by atoms with Gasteiger partial charge in [0.2, 0.25) is 11.0 Å². The van der Waals surface area contributed by atoms with Gasteiger partial charge in [-0.25, -0.2) is 4.98 Å². The predicted molar refractivity (Wildman–Crippen MR) is 92.8 cm³/mol. The molecule has 126 valence electrons. The Morgan fingerprint density at radius 1 is 1.32 bits per heavy atom. The van der Waals surface area contributed by atoms with E-state index in [1.54, 1.807) is 0 Å². The van der Waals surface area contributed by atoms with Gasteiger partial charge in [-0.05, 0) is 13.3 Å². The molecule has 2 N–H and O–H groups in total. The molecule has 1 fully saturated rings. The Kier molecular flexibility index (Phi) is 7.02. The van der Waals surface area contributed by atoms with Gasteiger partial charge in [0.1, 0.15) is 5.82 Å². The van der Waals surface area contributed by atoms with Crippen LogP contribution in [0.15, 0.2) is 0 Å². The highest BCUT2D eigenvalue weighted by atomic mass is 35.5. The van der Waals surface area contributed by atoms with Crippen LogP contribution < -0.4 is 10.6 Å². The van der Waals surface area contributed by atoms with Gasteiger partial charge in [0.05, 0.1) is 5.54 Å². The number of carbonyl (C=O) groups excluding carboxylic acids is 1. The number of nitrogens with zero attached hydrogens (tertiary/aromatic N) is 4. The highest BCUT2D eigenvalue weighted by molar-refractivity contribution is 7.09. The summed E-state index contributed by atoms with van der Waals surface area (Å²) in [5.74, 6) is 0.960. The number of carbonyl (C=O) groups is 1. The Balaban J connectivity index is 0.00000242. The van der Waals surface area contributed by atoms with Crippen molar-refractivity contribution in [2.24, 2.45) is 5.73 Å². The number of halogens is 1. The molecule has 2 rings (SSSR count). The number of piperazine rings is 1. The van der Waals surface area contributed by atoms with Crippen LogP contribution in [0.25, 0.3) is 0 Å². The molecule has 0 aromatic carbocycles. The topological polar surface area (TPSA) is 75.4 Å². The maximum absolute atomic E-state index is 12.5. The molecule has 1 atom stereocenters. The lowest BCUT2D eigenvalue weighted by Crippen LogP contribution is -2.58. The maximum Gasteiger partial charge on any atom is 0.242 e. The first kappa shape index (κ1) is 19.1. The van der Waals surface area contributed by atoms with Crippen LogP contribution in [-0.2, 0) is 11.2 Å². The van der Waals surface area contributed by atoms with E-state index in [2.05, 4.69) is 28.1 Å². The van der Waals surface area contributed by atoms with Crippen LogP contribution >= 0.6 is 23.9 Å². The van der Waals surface area contributed by atoms with Crippen molar-refractivity contribution in [1.82, 2.24) is 14.3 Å². The van der Waals surface area contributed by atoms with Gasteiger partial charge in [-0.3, -0.25) is 4.79 Å². The zero-order valence-corrected chi connectivity index (χ0v) is 15.2. The van der Waals surface area contributed by atoms with E-state index in [1.807, 2.05) is 11.8 Å². The summed E-state index contributed by atoms with van der Waals surface area (Å²) >= 11 is 1.44. The van der Waals surface area contributed by atoms with Crippen LogP contribution in [0.5, 0.6) is 0 Å². The average Bonchev–Trinajstić information content (AvgIpc) is 2.95. The summed E-state index contributed by atoms with van der Waals surface area (Å²) in [5, 5.41) is 0.961. The minimum Gasteiger partial charge on any atom is -0.343 e. The molecule has 0 bridgehead atoms. The van der Waals surface area contributed by atoms with Crippen molar-refractivity contribution in [2.75, 3.05) is 31.1 Å². The van der Waals surface area contributed by atoms with Crippen LogP contribution in [0.2, 0.25) is 0 Å². The summed E-state index contributed by atoms with van der Waals surface area (Å²) in [5.41, 5.74) is 5.40. The van der Waals surface area contributed by atoms with E-state index in [1.165, 1.54) is 11.5 Å². The van der Waals surface area contributed by atoms with Gasteiger partial charge < -0.3 is 15.5 Å². The zero-order valence-electron chi connectivity index (χ0n) is 13.5. The van der Waals surface area contributed by atoms with Gasteiger partial charge in [-0.15, -0.1) is 12.4 Å². The third-order valence-electron chi connectivity index (χ3n) is 3.87. The first-order valence-electron chi connectivity index (χ1n) is 7.63. The van der Waals surface area contributed by atoms with Crippen LogP contribution in [0.3, 0.4) is 0 Å². The maximum atomic E-state index is 12.5. The Morgan fingerprint density at radius 3 is 2.45 bits per heavy atom. The molecule has 1 amide bonds. The van der Waals surface area contributed by atoms with E-state index >= 15 is 0 Å². The molecule has 0 spiro atoms. The van der Waals surface area contributed by atoms with Crippen molar-refractivity contribution in [2.45, 2.75) is 45.6 Å². The fourth-order valence-electron chi connectivity index (χ4n) is 2.61. The third-order valence-corrected chi connectivity index (χ3v) is 4.68. The van der Waals surface area contributed by atoms with E-state index in [0.29, 0.717) is 13.1 Å². The third kappa shape index (κ3) is 4.30. The lowest BCUT2D eigenvalue weighted by molar-refractivity contribution is -0.137. The Morgan fingerprint density at radius 2 is 1.95 bits per heavy atom. The van der Waals surface area contributed by atoms with Crippen molar-refractivity contribution in [1.29, 1.82) is 0 Å². The van der Waals surface area contributed by atoms with Crippen molar-refractivity contribution in [3.8, 4) is 0 Å². The molecular weight excluding hydrogens is 322 g/mol. The number of aromatic nitrogens is 2. The van der Waals surface area contributed by atoms with E-state index in [9.17, 15) is 4.79 Å². The second kappa shape index (κ2) is 8.08. The van der Waals surface area contributed by atoms with E-state index in [0.717, 1.165) is 43.3 Å². The van der Waals surface area contributed by atoms with Gasteiger partial charge in [-0.2, -0.15) is 4.37 Å². The number of anilines is 1. The van der Waals surface area contributed by atoms with Gasteiger partial charge >= 0.3 is 0 Å². The standard InChI is InChI=1S/C14H25N5OS.ClH/c1-4-6-14(3,15)12(20)18-7-9-19(10-8-18)13-16-11(5-2)17-21-13;/h4-10,15H2,1-3H3;1H. The molecule has 0 saturated carbocycles. The van der Waals surface area contributed by atoms with Crippen molar-refractivity contribution >= 4 is 35.0 Å². The summed E-state index contributed by atoms with van der Waals surface area (Å²) in [7, 11) is 0. The SMILES string of the molecule is CCCC(C)(N)C(=O)N1CCN(c2nc(CC)ns2)CC1.Cl. The molecule has 0 aliphatic carbocycles. The molecule has 0 radical (unpaired) electrons. The highest BCUT2D eigenvalue weighted by Gasteiger charge is 2.33. The van der Waals surface area contributed by atoms with Crippen molar-refractivity contribution in [3.63, 3.8) is 0 Å². The van der Waals surface area contributed by atoms with Crippen molar-refractivity contribution in [3.05, 3.63) is 5.82 Å². The molecule has 2 heterocycles. The lowest BCUT2D eigenvalue weighted by atomic mass is 9.95. The lowest BCUT2D eigenvalue weighted by Gasteiger charge is -2.38. The summed E-state index contributed by atoms with van der Waals surface area (Å²) in [6, 6.07) is 0. The first-order chi connectivity index (χ1) is 9.97. The molecule has 1 aliphatic rings. The minimum atomic E-state index is -0.741. The highest BCUT2D eigenvalue weighted by Crippen LogP contribution is 2.21. The van der Waals surface area contributed by atoms with Gasteiger partial charge in [-0.1, -0.05) is 20.3 Å². The molecule has 1 aromatic heterocycles. The fraction of sp³-hybridized carbons (Fsp3) is 0.786. The Hall–Kier alpha value is -0.920. The average molecular weight is 348 g/mol. The summed E-state index contributed by atoms with van der Waals surface area (Å²) in [6.07, 6.45) is 2.50. The zero-order chi connectivity index (χ0) is 15.5. The summed E-state index contributed by atoms with van der Waals surface area (Å²) in [6.45, 7) is 8.95. The smallest absolute Gasteiger partial charge is 0.242 e. The first-order valence-corrected chi connectivity index (χ1v) is 8.41. The van der Waals surface area contributed by atoms with Crippen LogP contribution in [0, 0.1) is 0 Å². The predicted octanol–water partition coefficient (Wildman–Crippen LogP) is 1.69. The quantitative estimate of drug-likeness (QED) is 0.877. The van der Waals surface area contributed by atoms with Gasteiger partial charge in [0, 0.05) is 44.1 Å². The Bertz CT molecular complexity index is 485. The van der Waals surface area contributed by atoms with E-state index in [4.69, 9.17) is 5.73 Å². The van der Waals surface area contributed by atoms with E-state index in [-0.39, 0.29) is 18.3 Å². The fourth-order valence-corrected chi connectivity index (χ4v) is 3.41. The second-order valence-corrected chi connectivity index (χ2v) is 6.52. The number of hydrogen-bond acceptors (Lipinski definition) is 6. The summed E-state index contributed by atoms with van der Waals surface area (Å²) in [4.78, 5) is 21.1. The summed E-state index contributed by atoms with van der Waals surface area (Å²) < 4.78 is 4.32. The minimum absolute atomic E-state index is 0. The van der Waals surface area contributed by atoms with Gasteiger partial charge in [0.15, 0.2) is 0 Å². The van der Waals surface area contributed by atoms with Crippen molar-refractivity contribution < 1.29 is 4.79 Å². The normalized spacial score (nSPS) is 17.8. The van der Waals surface area contributed by atoms with Gasteiger partial charge in [0.25, 0.3) is 0 Å². The molecular formula is C14H26ClN5OS. The van der Waals surface area contributed by atoms with E-state index < -0.39 is 5.54 Å². The molecule has 1 unspecified atom stereocenters. The molecule has 6 nitrogen and oxygen atoms in total. The van der Waals surface area contributed by atoms with Crippen LogP contribution in [-0.4, -0.2) is 51.9 Å². The number of amides is 1. The number of nitrogens with two attached hydrogens (primary N) is 1. The molecule has 1 saturated heterocycles. The number of hydrogen-bond donors (Lipinski definition) is 1. The molecule has 22 heavy (non-hydrogen) atoms. The van der Waals surface area contributed by atoms with Crippen LogP contribution in [0.1, 0.15) is 39.4 Å². The molecule has 1 aliphatic heterocycles. The monoisotopic (exact) mass is 347 g/mol.